The van der Waals surface area contributed by atoms with Gasteiger partial charge in [-0.2, -0.15) is 4.31 Å². The Labute approximate surface area is 122 Å². The quantitative estimate of drug-likeness (QED) is 0.455. The zero-order chi connectivity index (χ0) is 15.6. The molecule has 0 unspecified atom stereocenters. The first kappa shape index (κ1) is 15.7. The van der Waals surface area contributed by atoms with Crippen molar-refractivity contribution in [2.75, 3.05) is 26.0 Å². The zero-order valence-electron chi connectivity index (χ0n) is 11.6. The minimum absolute atomic E-state index is 0.0419. The molecule has 0 atom stereocenters. The van der Waals surface area contributed by atoms with Gasteiger partial charge in [0.15, 0.2) is 0 Å². The van der Waals surface area contributed by atoms with Gasteiger partial charge in [-0.25, -0.2) is 8.42 Å². The molecule has 0 aromatic heterocycles. The number of hydrogen-bond acceptors (Lipinski definition) is 6. The maximum absolute atomic E-state index is 12.6. The molecule has 1 fully saturated rings. The summed E-state index contributed by atoms with van der Waals surface area (Å²) in [4.78, 5) is 9.97. The lowest BCUT2D eigenvalue weighted by molar-refractivity contribution is -0.384. The van der Waals surface area contributed by atoms with E-state index in [0.717, 1.165) is 25.0 Å². The van der Waals surface area contributed by atoms with E-state index in [-0.39, 0.29) is 35.5 Å². The second-order valence-corrected chi connectivity index (χ2v) is 6.68. The molecule has 0 aliphatic heterocycles. The van der Waals surface area contributed by atoms with Crippen molar-refractivity contribution in [1.29, 1.82) is 0 Å². The van der Waals surface area contributed by atoms with E-state index in [4.69, 9.17) is 10.5 Å². The molecule has 2 N–H and O–H groups in total. The maximum atomic E-state index is 12.6. The molecule has 0 amide bonds. The normalized spacial score (nSPS) is 15.3. The molecule has 0 saturated heterocycles. The van der Waals surface area contributed by atoms with Crippen LogP contribution >= 0.6 is 0 Å². The second kappa shape index (κ2) is 5.96. The van der Waals surface area contributed by atoms with Crippen LogP contribution in [0.25, 0.3) is 0 Å². The molecular formula is C12H17N3O5S. The van der Waals surface area contributed by atoms with Crippen molar-refractivity contribution in [3.63, 3.8) is 0 Å². The van der Waals surface area contributed by atoms with Crippen molar-refractivity contribution in [1.82, 2.24) is 4.31 Å². The Morgan fingerprint density at radius 2 is 2.14 bits per heavy atom. The molecule has 1 aromatic rings. The van der Waals surface area contributed by atoms with Gasteiger partial charge in [0, 0.05) is 31.8 Å². The van der Waals surface area contributed by atoms with Crippen LogP contribution in [0.5, 0.6) is 0 Å². The van der Waals surface area contributed by atoms with Gasteiger partial charge in [0.25, 0.3) is 5.69 Å². The third kappa shape index (κ3) is 3.31. The molecule has 0 heterocycles. The number of nitro groups is 1. The molecule has 8 nitrogen and oxygen atoms in total. The highest BCUT2D eigenvalue weighted by atomic mass is 32.2. The summed E-state index contributed by atoms with van der Waals surface area (Å²) >= 11 is 0. The topological polar surface area (TPSA) is 116 Å². The summed E-state index contributed by atoms with van der Waals surface area (Å²) in [7, 11) is -2.28. The van der Waals surface area contributed by atoms with E-state index in [2.05, 4.69) is 0 Å². The summed E-state index contributed by atoms with van der Waals surface area (Å²) in [5.41, 5.74) is 5.34. The predicted molar refractivity (Wildman–Crippen MR) is 76.3 cm³/mol. The van der Waals surface area contributed by atoms with Crippen molar-refractivity contribution in [2.24, 2.45) is 0 Å². The Morgan fingerprint density at radius 1 is 1.48 bits per heavy atom. The Balaban J connectivity index is 2.35. The summed E-state index contributed by atoms with van der Waals surface area (Å²) in [6.07, 6.45) is 1.60. The van der Waals surface area contributed by atoms with Gasteiger partial charge >= 0.3 is 0 Å². The smallest absolute Gasteiger partial charge is 0.271 e. The van der Waals surface area contributed by atoms with E-state index in [0.29, 0.717) is 0 Å². The number of nitrogens with zero attached hydrogens (tertiary/aromatic N) is 2. The van der Waals surface area contributed by atoms with Gasteiger partial charge in [0.1, 0.15) is 4.90 Å². The van der Waals surface area contributed by atoms with Crippen LogP contribution in [0.15, 0.2) is 23.1 Å². The van der Waals surface area contributed by atoms with E-state index in [9.17, 15) is 18.5 Å². The van der Waals surface area contributed by atoms with E-state index < -0.39 is 14.9 Å². The van der Waals surface area contributed by atoms with E-state index in [1.165, 1.54) is 17.5 Å². The molecule has 2 rings (SSSR count). The number of non-ortho nitro benzene ring substituents is 1. The Hall–Kier alpha value is -1.71. The average molecular weight is 315 g/mol. The molecule has 1 aliphatic rings. The van der Waals surface area contributed by atoms with E-state index in [1.54, 1.807) is 0 Å². The van der Waals surface area contributed by atoms with Gasteiger partial charge in [0.05, 0.1) is 17.2 Å². The molecule has 116 valence electrons. The molecule has 0 radical (unpaired) electrons. The largest absolute Gasteiger partial charge is 0.397 e. The van der Waals surface area contributed by atoms with E-state index >= 15 is 0 Å². The van der Waals surface area contributed by atoms with Crippen LogP contribution in [0.1, 0.15) is 12.8 Å². The molecular weight excluding hydrogens is 298 g/mol. The van der Waals surface area contributed by atoms with Crippen LogP contribution in [0, 0.1) is 10.1 Å². The molecule has 9 heteroatoms. The number of hydrogen-bond donors (Lipinski definition) is 1. The number of anilines is 1. The number of benzene rings is 1. The van der Waals surface area contributed by atoms with Gasteiger partial charge in [-0.05, 0) is 18.9 Å². The molecule has 21 heavy (non-hydrogen) atoms. The minimum Gasteiger partial charge on any atom is -0.397 e. The van der Waals surface area contributed by atoms with Crippen molar-refractivity contribution in [3.8, 4) is 0 Å². The molecule has 1 aliphatic carbocycles. The maximum Gasteiger partial charge on any atom is 0.271 e. The highest BCUT2D eigenvalue weighted by Crippen LogP contribution is 2.34. The Bertz CT molecular complexity index is 642. The number of nitro benzene ring substituents is 1. The molecule has 1 saturated carbocycles. The van der Waals surface area contributed by atoms with E-state index in [1.807, 2.05) is 0 Å². The van der Waals surface area contributed by atoms with Crippen molar-refractivity contribution in [3.05, 3.63) is 28.3 Å². The van der Waals surface area contributed by atoms with Gasteiger partial charge in [0.2, 0.25) is 10.0 Å². The Kier molecular flexibility index (Phi) is 4.45. The summed E-state index contributed by atoms with van der Waals surface area (Å²) in [5, 5.41) is 10.7. The van der Waals surface area contributed by atoms with Gasteiger partial charge in [-0.15, -0.1) is 0 Å². The fourth-order valence-corrected chi connectivity index (χ4v) is 3.82. The van der Waals surface area contributed by atoms with Crippen LogP contribution < -0.4 is 5.73 Å². The minimum atomic E-state index is -3.78. The first-order chi connectivity index (χ1) is 9.87. The van der Waals surface area contributed by atoms with Crippen molar-refractivity contribution in [2.45, 2.75) is 23.8 Å². The third-order valence-corrected chi connectivity index (χ3v) is 5.29. The Morgan fingerprint density at radius 3 is 2.62 bits per heavy atom. The van der Waals surface area contributed by atoms with Crippen molar-refractivity contribution >= 4 is 21.4 Å². The first-order valence-electron chi connectivity index (χ1n) is 6.42. The number of ether oxygens (including phenoxy) is 1. The highest BCUT2D eigenvalue weighted by molar-refractivity contribution is 7.89. The number of nitrogens with two attached hydrogens (primary N) is 1. The first-order valence-corrected chi connectivity index (χ1v) is 7.86. The summed E-state index contributed by atoms with van der Waals surface area (Å²) in [6.45, 7) is 0.516. The fraction of sp³-hybridized carbons (Fsp3) is 0.500. The summed E-state index contributed by atoms with van der Waals surface area (Å²) in [6, 6.07) is 3.35. The molecule has 0 bridgehead atoms. The monoisotopic (exact) mass is 315 g/mol. The molecule has 1 aromatic carbocycles. The van der Waals surface area contributed by atoms with Crippen molar-refractivity contribution < 1.29 is 18.1 Å². The molecule has 0 spiro atoms. The van der Waals surface area contributed by atoms with Crippen LogP contribution in [-0.4, -0.2) is 43.9 Å². The summed E-state index contributed by atoms with van der Waals surface area (Å²) in [5.74, 6) is 0. The van der Waals surface area contributed by atoms with Gasteiger partial charge in [-0.1, -0.05) is 0 Å². The highest BCUT2D eigenvalue weighted by Gasteiger charge is 2.38. The van der Waals surface area contributed by atoms with Crippen LogP contribution in [0.2, 0.25) is 0 Å². The predicted octanol–water partition coefficient (Wildman–Crippen LogP) is 0.976. The number of methoxy groups -OCH3 is 1. The number of nitrogen functional groups attached to an aromatic ring is 1. The summed E-state index contributed by atoms with van der Waals surface area (Å²) < 4.78 is 31.6. The SMILES string of the molecule is COCCN(C1CC1)S(=O)(=O)c1ccc([N+](=O)[O-])cc1N. The fourth-order valence-electron chi connectivity index (χ4n) is 2.05. The standard InChI is InChI=1S/C12H17N3O5S/c1-20-7-6-14(9-2-3-9)21(18,19)12-5-4-10(15(16)17)8-11(12)13/h4-5,8-9H,2-3,6-7,13H2,1H3. The zero-order valence-corrected chi connectivity index (χ0v) is 12.4. The number of sulfonamides is 1. The third-order valence-electron chi connectivity index (χ3n) is 3.26. The van der Waals surface area contributed by atoms with Crippen LogP contribution in [0.3, 0.4) is 0 Å². The second-order valence-electron chi connectivity index (χ2n) is 4.82. The number of rotatable bonds is 7. The van der Waals surface area contributed by atoms with Gasteiger partial charge < -0.3 is 10.5 Å². The lowest BCUT2D eigenvalue weighted by Crippen LogP contribution is -2.36. The lowest BCUT2D eigenvalue weighted by Gasteiger charge is -2.22. The van der Waals surface area contributed by atoms with Gasteiger partial charge in [-0.3, -0.25) is 10.1 Å². The lowest BCUT2D eigenvalue weighted by atomic mass is 10.3. The van der Waals surface area contributed by atoms with Crippen LogP contribution in [0.4, 0.5) is 11.4 Å². The average Bonchev–Trinajstić information content (AvgIpc) is 3.23. The van der Waals surface area contributed by atoms with Crippen LogP contribution in [-0.2, 0) is 14.8 Å².